The number of carbonyl (C=O) groups is 3. The predicted molar refractivity (Wildman–Crippen MR) is 62.4 cm³/mol. The van der Waals surface area contributed by atoms with Gasteiger partial charge in [-0.1, -0.05) is 6.92 Å². The Morgan fingerprint density at radius 3 is 2.33 bits per heavy atom. The van der Waals surface area contributed by atoms with E-state index in [0.717, 1.165) is 4.90 Å². The highest BCUT2D eigenvalue weighted by Crippen LogP contribution is 2.24. The van der Waals surface area contributed by atoms with E-state index < -0.39 is 5.60 Å². The molecule has 3 amide bonds. The maximum Gasteiger partial charge on any atom is 0.229 e. The van der Waals surface area contributed by atoms with Crippen LogP contribution in [0.25, 0.3) is 0 Å². The Kier molecular flexibility index (Phi) is 3.38. The number of amides is 3. The predicted octanol–water partition coefficient (Wildman–Crippen LogP) is -0.491. The van der Waals surface area contributed by atoms with E-state index in [1.807, 2.05) is 6.92 Å². The van der Waals surface area contributed by atoms with Crippen LogP contribution in [0.4, 0.5) is 0 Å². The molecule has 0 aromatic heterocycles. The van der Waals surface area contributed by atoms with Gasteiger partial charge in [-0.05, 0) is 6.42 Å². The van der Waals surface area contributed by atoms with Crippen LogP contribution in [0, 0.1) is 0 Å². The Bertz CT molecular complexity index is 372. The molecule has 2 fully saturated rings. The molecule has 0 aliphatic carbocycles. The van der Waals surface area contributed by atoms with Crippen LogP contribution in [-0.2, 0) is 14.4 Å². The molecule has 6 heteroatoms. The fourth-order valence-corrected chi connectivity index (χ4v) is 2.30. The molecule has 0 bridgehead atoms. The van der Waals surface area contributed by atoms with Gasteiger partial charge < -0.3 is 10.0 Å². The van der Waals surface area contributed by atoms with Crippen LogP contribution in [0.5, 0.6) is 0 Å². The highest BCUT2D eigenvalue weighted by molar-refractivity contribution is 6.02. The number of β-amino-alcohol motifs (C(OH)–C–C–N with tert-alkyl or cyclic N) is 1. The van der Waals surface area contributed by atoms with Gasteiger partial charge in [-0.25, -0.2) is 0 Å². The maximum atomic E-state index is 11.8. The summed E-state index contributed by atoms with van der Waals surface area (Å²) in [6.07, 6.45) is 1.29. The lowest BCUT2D eigenvalue weighted by atomic mass is 9.91. The summed E-state index contributed by atoms with van der Waals surface area (Å²) >= 11 is 0. The summed E-state index contributed by atoms with van der Waals surface area (Å²) in [5.41, 5.74) is -0.741. The molecular weight excluding hydrogens is 236 g/mol. The number of rotatable bonds is 4. The standard InChI is InChI=1S/C12H18N2O4/c1-2-12(18)7-13(8-12)9(15)5-6-14-10(16)3-4-11(14)17/h18H,2-8H2,1H3. The van der Waals surface area contributed by atoms with Gasteiger partial charge >= 0.3 is 0 Å². The average Bonchev–Trinajstić information content (AvgIpc) is 2.62. The van der Waals surface area contributed by atoms with Crippen molar-refractivity contribution in [2.24, 2.45) is 0 Å². The molecule has 0 aromatic rings. The molecule has 0 spiro atoms. The third kappa shape index (κ3) is 2.38. The second-order valence-electron chi connectivity index (χ2n) is 5.02. The quantitative estimate of drug-likeness (QED) is 0.687. The number of carbonyl (C=O) groups excluding carboxylic acids is 3. The zero-order chi connectivity index (χ0) is 13.3. The van der Waals surface area contributed by atoms with E-state index in [-0.39, 0.29) is 43.5 Å². The van der Waals surface area contributed by atoms with Crippen molar-refractivity contribution in [3.8, 4) is 0 Å². The topological polar surface area (TPSA) is 77.9 Å². The van der Waals surface area contributed by atoms with E-state index in [1.165, 1.54) is 0 Å². The van der Waals surface area contributed by atoms with Gasteiger partial charge in [0.05, 0.1) is 18.7 Å². The van der Waals surface area contributed by atoms with E-state index >= 15 is 0 Å². The van der Waals surface area contributed by atoms with E-state index in [2.05, 4.69) is 0 Å². The van der Waals surface area contributed by atoms with Gasteiger partial charge in [0.2, 0.25) is 17.7 Å². The van der Waals surface area contributed by atoms with Crippen LogP contribution < -0.4 is 0 Å². The highest BCUT2D eigenvalue weighted by Gasteiger charge is 2.42. The highest BCUT2D eigenvalue weighted by atomic mass is 16.3. The number of hydrogen-bond donors (Lipinski definition) is 1. The van der Waals surface area contributed by atoms with Crippen molar-refractivity contribution in [3.05, 3.63) is 0 Å². The van der Waals surface area contributed by atoms with Crippen LogP contribution in [0.1, 0.15) is 32.6 Å². The molecule has 6 nitrogen and oxygen atoms in total. The summed E-state index contributed by atoms with van der Waals surface area (Å²) < 4.78 is 0. The minimum atomic E-state index is -0.741. The summed E-state index contributed by atoms with van der Waals surface area (Å²) in [6, 6.07) is 0. The first-order chi connectivity index (χ1) is 8.45. The Balaban J connectivity index is 1.76. The molecule has 18 heavy (non-hydrogen) atoms. The molecule has 100 valence electrons. The van der Waals surface area contributed by atoms with Crippen LogP contribution in [0.15, 0.2) is 0 Å². The normalized spacial score (nSPS) is 22.3. The van der Waals surface area contributed by atoms with Crippen LogP contribution in [-0.4, -0.2) is 57.9 Å². The minimum absolute atomic E-state index is 0.111. The Morgan fingerprint density at radius 2 is 1.83 bits per heavy atom. The van der Waals surface area contributed by atoms with Crippen molar-refractivity contribution >= 4 is 17.7 Å². The van der Waals surface area contributed by atoms with Crippen molar-refractivity contribution < 1.29 is 19.5 Å². The second-order valence-corrected chi connectivity index (χ2v) is 5.02. The van der Waals surface area contributed by atoms with E-state index in [4.69, 9.17) is 0 Å². The average molecular weight is 254 g/mol. The minimum Gasteiger partial charge on any atom is -0.386 e. The van der Waals surface area contributed by atoms with Crippen LogP contribution in [0.2, 0.25) is 0 Å². The number of nitrogens with zero attached hydrogens (tertiary/aromatic N) is 2. The fourth-order valence-electron chi connectivity index (χ4n) is 2.30. The third-order valence-corrected chi connectivity index (χ3v) is 3.69. The van der Waals surface area contributed by atoms with Gasteiger partial charge in [-0.2, -0.15) is 0 Å². The number of hydrogen-bond acceptors (Lipinski definition) is 4. The van der Waals surface area contributed by atoms with Crippen molar-refractivity contribution in [2.45, 2.75) is 38.2 Å². The molecule has 2 aliphatic heterocycles. The van der Waals surface area contributed by atoms with E-state index in [9.17, 15) is 19.5 Å². The molecule has 0 saturated carbocycles. The molecule has 0 radical (unpaired) electrons. The van der Waals surface area contributed by atoms with E-state index in [0.29, 0.717) is 19.5 Å². The van der Waals surface area contributed by atoms with Gasteiger partial charge in [-0.3, -0.25) is 19.3 Å². The van der Waals surface area contributed by atoms with Crippen molar-refractivity contribution in [2.75, 3.05) is 19.6 Å². The fraction of sp³-hybridized carbons (Fsp3) is 0.750. The van der Waals surface area contributed by atoms with Gasteiger partial charge in [0.25, 0.3) is 0 Å². The lowest BCUT2D eigenvalue weighted by molar-refractivity contribution is -0.156. The lowest BCUT2D eigenvalue weighted by Crippen LogP contribution is -2.63. The summed E-state index contributed by atoms with van der Waals surface area (Å²) in [5.74, 6) is -0.497. The number of aliphatic hydroxyl groups is 1. The zero-order valence-electron chi connectivity index (χ0n) is 10.5. The molecule has 0 atom stereocenters. The maximum absolute atomic E-state index is 11.8. The third-order valence-electron chi connectivity index (χ3n) is 3.69. The summed E-state index contributed by atoms with van der Waals surface area (Å²) in [5, 5.41) is 9.79. The molecule has 0 unspecified atom stereocenters. The van der Waals surface area contributed by atoms with Crippen molar-refractivity contribution in [1.82, 2.24) is 9.80 Å². The second kappa shape index (κ2) is 4.68. The smallest absolute Gasteiger partial charge is 0.229 e. The summed E-state index contributed by atoms with van der Waals surface area (Å²) in [6.45, 7) is 2.75. The SMILES string of the molecule is CCC1(O)CN(C(=O)CCN2C(=O)CCC2=O)C1. The Morgan fingerprint density at radius 1 is 1.28 bits per heavy atom. The van der Waals surface area contributed by atoms with E-state index in [1.54, 1.807) is 4.90 Å². The monoisotopic (exact) mass is 254 g/mol. The molecular formula is C12H18N2O4. The zero-order valence-corrected chi connectivity index (χ0v) is 10.5. The molecule has 2 heterocycles. The molecule has 2 rings (SSSR count). The van der Waals surface area contributed by atoms with Gasteiger partial charge in [0.1, 0.15) is 0 Å². The molecule has 0 aromatic carbocycles. The number of likely N-dealkylation sites (tertiary alicyclic amines) is 2. The Hall–Kier alpha value is -1.43. The summed E-state index contributed by atoms with van der Waals surface area (Å²) in [7, 11) is 0. The molecule has 2 saturated heterocycles. The van der Waals surface area contributed by atoms with Gasteiger partial charge in [0, 0.05) is 25.8 Å². The van der Waals surface area contributed by atoms with Crippen molar-refractivity contribution in [1.29, 1.82) is 0 Å². The van der Waals surface area contributed by atoms with Gasteiger partial charge in [-0.15, -0.1) is 0 Å². The first-order valence-corrected chi connectivity index (χ1v) is 6.28. The van der Waals surface area contributed by atoms with Crippen molar-refractivity contribution in [3.63, 3.8) is 0 Å². The number of imide groups is 1. The molecule has 2 aliphatic rings. The first-order valence-electron chi connectivity index (χ1n) is 6.28. The first kappa shape index (κ1) is 13.0. The van der Waals surface area contributed by atoms with Crippen LogP contribution in [0.3, 0.4) is 0 Å². The Labute approximate surface area is 106 Å². The van der Waals surface area contributed by atoms with Gasteiger partial charge in [0.15, 0.2) is 0 Å². The lowest BCUT2D eigenvalue weighted by Gasteiger charge is -2.46. The largest absolute Gasteiger partial charge is 0.386 e. The molecule has 1 N–H and O–H groups in total. The summed E-state index contributed by atoms with van der Waals surface area (Å²) in [4.78, 5) is 37.2. The van der Waals surface area contributed by atoms with Crippen LogP contribution >= 0.6 is 0 Å².